The van der Waals surface area contributed by atoms with Crippen molar-refractivity contribution in [2.45, 2.75) is 6.54 Å². The Morgan fingerprint density at radius 1 is 1.47 bits per heavy atom. The van der Waals surface area contributed by atoms with Crippen LogP contribution in [0.25, 0.3) is 0 Å². The van der Waals surface area contributed by atoms with E-state index in [1.807, 2.05) is 18.2 Å². The van der Waals surface area contributed by atoms with Gasteiger partial charge < -0.3 is 14.8 Å². The fourth-order valence-corrected chi connectivity index (χ4v) is 1.59. The van der Waals surface area contributed by atoms with Crippen molar-refractivity contribution in [2.24, 2.45) is 0 Å². The highest BCUT2D eigenvalue weighted by Crippen LogP contribution is 2.26. The van der Waals surface area contributed by atoms with Crippen molar-refractivity contribution in [2.75, 3.05) is 26.9 Å². The molecule has 0 aliphatic carbocycles. The molecule has 0 saturated heterocycles. The Hall–Kier alpha value is -1.21. The van der Waals surface area contributed by atoms with E-state index in [0.717, 1.165) is 17.9 Å². The second kappa shape index (κ2) is 7.97. The van der Waals surface area contributed by atoms with Crippen LogP contribution in [-0.2, 0) is 11.3 Å². The van der Waals surface area contributed by atoms with Crippen LogP contribution in [0.5, 0.6) is 5.75 Å². The molecule has 0 bridgehead atoms. The summed E-state index contributed by atoms with van der Waals surface area (Å²) < 4.78 is 10.4. The Morgan fingerprint density at radius 3 is 3.00 bits per heavy atom. The molecule has 0 aromatic heterocycles. The Kier molecular flexibility index (Phi) is 6.49. The van der Waals surface area contributed by atoms with E-state index < -0.39 is 0 Å². The summed E-state index contributed by atoms with van der Waals surface area (Å²) in [5.74, 6) is 3.16. The second-order valence-electron chi connectivity index (χ2n) is 3.38. The van der Waals surface area contributed by atoms with Gasteiger partial charge in [-0.2, -0.15) is 0 Å². The van der Waals surface area contributed by atoms with E-state index in [1.165, 1.54) is 0 Å². The Bertz CT molecular complexity index is 387. The molecule has 1 N–H and O–H groups in total. The van der Waals surface area contributed by atoms with Gasteiger partial charge in [-0.25, -0.2) is 0 Å². The van der Waals surface area contributed by atoms with Crippen molar-refractivity contribution in [3.63, 3.8) is 0 Å². The molecule has 1 rings (SSSR count). The van der Waals surface area contributed by atoms with Crippen molar-refractivity contribution in [1.82, 2.24) is 5.32 Å². The quantitative estimate of drug-likeness (QED) is 0.596. The zero-order valence-electron chi connectivity index (χ0n) is 9.83. The predicted octanol–water partition coefficient (Wildman–Crippen LogP) is 2.09. The zero-order chi connectivity index (χ0) is 12.5. The Labute approximate surface area is 107 Å². The maximum absolute atomic E-state index is 6.12. The topological polar surface area (TPSA) is 30.5 Å². The van der Waals surface area contributed by atoms with Crippen LogP contribution in [-0.4, -0.2) is 26.9 Å². The third-order valence-corrected chi connectivity index (χ3v) is 2.53. The fourth-order valence-electron chi connectivity index (χ4n) is 1.35. The molecule has 0 saturated carbocycles. The lowest BCUT2D eigenvalue weighted by atomic mass is 10.2. The standard InChI is InChI=1S/C13H16ClNO2/c1-3-8-17-13-6-4-5-12(14)11(13)10-15-7-9-16-2/h1,4-6,15H,7-10H2,2H3. The predicted molar refractivity (Wildman–Crippen MR) is 69.4 cm³/mol. The van der Waals surface area contributed by atoms with Gasteiger partial charge in [0.1, 0.15) is 12.4 Å². The number of halogens is 1. The lowest BCUT2D eigenvalue weighted by Crippen LogP contribution is -2.19. The maximum Gasteiger partial charge on any atom is 0.148 e. The molecule has 92 valence electrons. The minimum Gasteiger partial charge on any atom is -0.481 e. The van der Waals surface area contributed by atoms with Gasteiger partial charge in [-0.3, -0.25) is 0 Å². The van der Waals surface area contributed by atoms with Crippen molar-refractivity contribution in [3.05, 3.63) is 28.8 Å². The molecule has 4 heteroatoms. The van der Waals surface area contributed by atoms with Crippen molar-refractivity contribution >= 4 is 11.6 Å². The molecule has 0 amide bonds. The van der Waals surface area contributed by atoms with Crippen LogP contribution < -0.4 is 10.1 Å². The third-order valence-electron chi connectivity index (χ3n) is 2.17. The highest BCUT2D eigenvalue weighted by atomic mass is 35.5. The van der Waals surface area contributed by atoms with E-state index in [9.17, 15) is 0 Å². The van der Waals surface area contributed by atoms with Crippen LogP contribution in [0, 0.1) is 12.3 Å². The fraction of sp³-hybridized carbons (Fsp3) is 0.385. The molecule has 3 nitrogen and oxygen atoms in total. The molecule has 1 aromatic carbocycles. The molecule has 0 radical (unpaired) electrons. The highest BCUT2D eigenvalue weighted by molar-refractivity contribution is 6.31. The summed E-state index contributed by atoms with van der Waals surface area (Å²) in [5, 5.41) is 3.89. The SMILES string of the molecule is C#CCOc1cccc(Cl)c1CNCCOC. The smallest absolute Gasteiger partial charge is 0.148 e. The lowest BCUT2D eigenvalue weighted by molar-refractivity contribution is 0.199. The number of terminal acetylenes is 1. The monoisotopic (exact) mass is 253 g/mol. The van der Waals surface area contributed by atoms with Gasteiger partial charge in [0, 0.05) is 30.8 Å². The summed E-state index contributed by atoms with van der Waals surface area (Å²) in [5.41, 5.74) is 0.917. The molecule has 0 unspecified atom stereocenters. The van der Waals surface area contributed by atoms with Crippen LogP contribution in [0.1, 0.15) is 5.56 Å². The molecule has 0 spiro atoms. The number of nitrogens with one attached hydrogen (secondary N) is 1. The number of ether oxygens (including phenoxy) is 2. The van der Waals surface area contributed by atoms with E-state index in [0.29, 0.717) is 18.2 Å². The summed E-state index contributed by atoms with van der Waals surface area (Å²) in [6, 6.07) is 5.53. The van der Waals surface area contributed by atoms with Crippen LogP contribution in [0.15, 0.2) is 18.2 Å². The van der Waals surface area contributed by atoms with E-state index in [2.05, 4.69) is 11.2 Å². The van der Waals surface area contributed by atoms with Crippen LogP contribution in [0.2, 0.25) is 5.02 Å². The first-order valence-corrected chi connectivity index (χ1v) is 5.70. The molecule has 17 heavy (non-hydrogen) atoms. The van der Waals surface area contributed by atoms with Crippen molar-refractivity contribution in [1.29, 1.82) is 0 Å². The van der Waals surface area contributed by atoms with E-state index in [1.54, 1.807) is 7.11 Å². The number of rotatable bonds is 7. The number of benzene rings is 1. The highest BCUT2D eigenvalue weighted by Gasteiger charge is 2.07. The van der Waals surface area contributed by atoms with Crippen LogP contribution in [0.4, 0.5) is 0 Å². The first-order valence-electron chi connectivity index (χ1n) is 5.33. The average Bonchev–Trinajstić information content (AvgIpc) is 2.34. The third kappa shape index (κ3) is 4.66. The summed E-state index contributed by atoms with van der Waals surface area (Å²) in [6.07, 6.45) is 5.16. The molecule has 0 heterocycles. The van der Waals surface area contributed by atoms with Gasteiger partial charge in [-0.1, -0.05) is 23.6 Å². The van der Waals surface area contributed by atoms with Gasteiger partial charge in [0.2, 0.25) is 0 Å². The molecule has 0 atom stereocenters. The van der Waals surface area contributed by atoms with Gasteiger partial charge >= 0.3 is 0 Å². The summed E-state index contributed by atoms with van der Waals surface area (Å²) in [7, 11) is 1.67. The van der Waals surface area contributed by atoms with Gasteiger partial charge in [0.15, 0.2) is 0 Å². The molecular weight excluding hydrogens is 238 g/mol. The minimum absolute atomic E-state index is 0.241. The molecule has 0 aliphatic heterocycles. The van der Waals surface area contributed by atoms with E-state index in [-0.39, 0.29) is 6.61 Å². The molecule has 1 aromatic rings. The van der Waals surface area contributed by atoms with E-state index in [4.69, 9.17) is 27.5 Å². The number of hydrogen-bond acceptors (Lipinski definition) is 3. The first-order chi connectivity index (χ1) is 8.29. The molecule has 0 aliphatic rings. The summed E-state index contributed by atoms with van der Waals surface area (Å²) in [4.78, 5) is 0. The van der Waals surface area contributed by atoms with Gasteiger partial charge in [0.05, 0.1) is 6.61 Å². The summed E-state index contributed by atoms with van der Waals surface area (Å²) in [6.45, 7) is 2.29. The Balaban J connectivity index is 2.63. The average molecular weight is 254 g/mol. The largest absolute Gasteiger partial charge is 0.481 e. The molecular formula is C13H16ClNO2. The Morgan fingerprint density at radius 2 is 2.29 bits per heavy atom. The molecule has 0 fully saturated rings. The number of hydrogen-bond donors (Lipinski definition) is 1. The van der Waals surface area contributed by atoms with Gasteiger partial charge in [-0.05, 0) is 12.1 Å². The maximum atomic E-state index is 6.12. The first kappa shape index (κ1) is 13.9. The summed E-state index contributed by atoms with van der Waals surface area (Å²) >= 11 is 6.12. The normalized spacial score (nSPS) is 9.94. The van der Waals surface area contributed by atoms with E-state index >= 15 is 0 Å². The minimum atomic E-state index is 0.241. The lowest BCUT2D eigenvalue weighted by Gasteiger charge is -2.12. The van der Waals surface area contributed by atoms with Crippen LogP contribution >= 0.6 is 11.6 Å². The van der Waals surface area contributed by atoms with Gasteiger partial charge in [-0.15, -0.1) is 6.42 Å². The van der Waals surface area contributed by atoms with Crippen LogP contribution in [0.3, 0.4) is 0 Å². The zero-order valence-corrected chi connectivity index (χ0v) is 10.6. The van der Waals surface area contributed by atoms with Gasteiger partial charge in [0.25, 0.3) is 0 Å². The second-order valence-corrected chi connectivity index (χ2v) is 3.79. The number of methoxy groups -OCH3 is 1. The van der Waals surface area contributed by atoms with Crippen molar-refractivity contribution < 1.29 is 9.47 Å². The van der Waals surface area contributed by atoms with Crippen molar-refractivity contribution in [3.8, 4) is 18.1 Å².